The molecule has 3 nitrogen and oxygen atoms in total. The van der Waals surface area contributed by atoms with Crippen LogP contribution in [-0.2, 0) is 0 Å². The highest BCUT2D eigenvalue weighted by Gasteiger charge is 2.12. The Hall–Kier alpha value is -1.38. The van der Waals surface area contributed by atoms with Crippen molar-refractivity contribution >= 4 is 5.65 Å². The van der Waals surface area contributed by atoms with E-state index in [-0.39, 0.29) is 0 Å². The van der Waals surface area contributed by atoms with Gasteiger partial charge in [0.25, 0.3) is 0 Å². The predicted molar refractivity (Wildman–Crippen MR) is 61.3 cm³/mol. The minimum Gasteiger partial charge on any atom is -0.234 e. The summed E-state index contributed by atoms with van der Waals surface area (Å²) in [6.45, 7) is 10.5. The average molecular weight is 203 g/mol. The van der Waals surface area contributed by atoms with Gasteiger partial charge in [0.15, 0.2) is 5.65 Å². The maximum absolute atomic E-state index is 4.54. The van der Waals surface area contributed by atoms with E-state index >= 15 is 0 Å². The standard InChI is InChI=1S/C12H17N3/c1-7(2)11-6-8(3)13-12-9(4)10(5)14-15(11)12/h6-7H,1-5H3. The zero-order valence-electron chi connectivity index (χ0n) is 10.00. The van der Waals surface area contributed by atoms with Gasteiger partial charge in [-0.3, -0.25) is 0 Å². The van der Waals surface area contributed by atoms with Gasteiger partial charge in [0.2, 0.25) is 0 Å². The molecule has 2 aromatic heterocycles. The first-order chi connectivity index (χ1) is 7.00. The summed E-state index contributed by atoms with van der Waals surface area (Å²) in [5, 5.41) is 4.53. The van der Waals surface area contributed by atoms with Crippen molar-refractivity contribution in [3.63, 3.8) is 0 Å². The molecule has 15 heavy (non-hydrogen) atoms. The van der Waals surface area contributed by atoms with E-state index in [4.69, 9.17) is 0 Å². The Morgan fingerprint density at radius 3 is 2.47 bits per heavy atom. The molecule has 0 radical (unpaired) electrons. The molecule has 0 aliphatic rings. The summed E-state index contributed by atoms with van der Waals surface area (Å²) in [5.41, 5.74) is 5.54. The van der Waals surface area contributed by atoms with Crippen molar-refractivity contribution in [2.75, 3.05) is 0 Å². The third kappa shape index (κ3) is 1.52. The van der Waals surface area contributed by atoms with Crippen LogP contribution in [0.5, 0.6) is 0 Å². The fraction of sp³-hybridized carbons (Fsp3) is 0.500. The summed E-state index contributed by atoms with van der Waals surface area (Å²) < 4.78 is 1.97. The van der Waals surface area contributed by atoms with Crippen molar-refractivity contribution in [3.05, 3.63) is 28.7 Å². The number of hydrogen-bond donors (Lipinski definition) is 0. The van der Waals surface area contributed by atoms with Crippen molar-refractivity contribution in [1.82, 2.24) is 14.6 Å². The number of fused-ring (bicyclic) bond motifs is 1. The zero-order chi connectivity index (χ0) is 11.2. The molecule has 0 aromatic carbocycles. The number of hydrogen-bond acceptors (Lipinski definition) is 2. The highest BCUT2D eigenvalue weighted by molar-refractivity contribution is 5.50. The van der Waals surface area contributed by atoms with Crippen LogP contribution in [0.2, 0.25) is 0 Å². The minimum atomic E-state index is 0.466. The van der Waals surface area contributed by atoms with Crippen molar-refractivity contribution in [1.29, 1.82) is 0 Å². The second-order valence-electron chi connectivity index (χ2n) is 4.42. The maximum Gasteiger partial charge on any atom is 0.158 e. The van der Waals surface area contributed by atoms with Crippen molar-refractivity contribution in [2.45, 2.75) is 40.5 Å². The molecule has 0 bridgehead atoms. The lowest BCUT2D eigenvalue weighted by molar-refractivity contribution is 0.741. The monoisotopic (exact) mass is 203 g/mol. The molecule has 0 aliphatic heterocycles. The van der Waals surface area contributed by atoms with E-state index in [1.165, 1.54) is 11.3 Å². The molecule has 0 N–H and O–H groups in total. The fourth-order valence-corrected chi connectivity index (χ4v) is 1.79. The van der Waals surface area contributed by atoms with Gasteiger partial charge in [0.05, 0.1) is 5.69 Å². The van der Waals surface area contributed by atoms with E-state index in [0.717, 1.165) is 17.0 Å². The van der Waals surface area contributed by atoms with E-state index in [0.29, 0.717) is 5.92 Å². The molecular weight excluding hydrogens is 186 g/mol. The molecule has 0 saturated carbocycles. The second-order valence-corrected chi connectivity index (χ2v) is 4.42. The van der Waals surface area contributed by atoms with Gasteiger partial charge >= 0.3 is 0 Å². The van der Waals surface area contributed by atoms with Crippen LogP contribution >= 0.6 is 0 Å². The third-order valence-corrected chi connectivity index (χ3v) is 2.80. The molecule has 0 fully saturated rings. The lowest BCUT2D eigenvalue weighted by atomic mass is 10.1. The molecule has 2 rings (SSSR count). The van der Waals surface area contributed by atoms with Gasteiger partial charge in [-0.1, -0.05) is 13.8 Å². The first-order valence-corrected chi connectivity index (χ1v) is 5.34. The van der Waals surface area contributed by atoms with E-state index in [9.17, 15) is 0 Å². The van der Waals surface area contributed by atoms with Crippen LogP contribution in [0.25, 0.3) is 5.65 Å². The molecule has 80 valence electrons. The molecule has 0 spiro atoms. The molecule has 2 heterocycles. The normalized spacial score (nSPS) is 11.6. The van der Waals surface area contributed by atoms with E-state index in [1.807, 2.05) is 18.4 Å². The van der Waals surface area contributed by atoms with Gasteiger partial charge < -0.3 is 0 Å². The third-order valence-electron chi connectivity index (χ3n) is 2.80. The smallest absolute Gasteiger partial charge is 0.158 e. The number of nitrogens with zero attached hydrogens (tertiary/aromatic N) is 3. The molecule has 0 atom stereocenters. The lowest BCUT2D eigenvalue weighted by Crippen LogP contribution is -2.03. The summed E-state index contributed by atoms with van der Waals surface area (Å²) in [6.07, 6.45) is 0. The Kier molecular flexibility index (Phi) is 2.25. The van der Waals surface area contributed by atoms with Crippen molar-refractivity contribution in [2.24, 2.45) is 0 Å². The van der Waals surface area contributed by atoms with Crippen LogP contribution in [0.1, 0.15) is 42.4 Å². The molecule has 2 aromatic rings. The van der Waals surface area contributed by atoms with Gasteiger partial charge in [0.1, 0.15) is 0 Å². The minimum absolute atomic E-state index is 0.466. The Bertz CT molecular complexity index is 509. The van der Waals surface area contributed by atoms with Crippen LogP contribution in [0.15, 0.2) is 6.07 Å². The largest absolute Gasteiger partial charge is 0.234 e. The van der Waals surface area contributed by atoms with Crippen LogP contribution in [0.3, 0.4) is 0 Å². The van der Waals surface area contributed by atoms with Gasteiger partial charge in [0, 0.05) is 17.0 Å². The summed E-state index contributed by atoms with van der Waals surface area (Å²) in [4.78, 5) is 4.54. The first kappa shape index (κ1) is 10.1. The van der Waals surface area contributed by atoms with Gasteiger partial charge in [-0.2, -0.15) is 5.10 Å². The summed E-state index contributed by atoms with van der Waals surface area (Å²) >= 11 is 0. The zero-order valence-corrected chi connectivity index (χ0v) is 10.00. The molecular formula is C12H17N3. The van der Waals surface area contributed by atoms with Gasteiger partial charge in [-0.25, -0.2) is 9.50 Å². The van der Waals surface area contributed by atoms with Crippen LogP contribution in [0.4, 0.5) is 0 Å². The Labute approximate surface area is 90.1 Å². The number of rotatable bonds is 1. The fourth-order valence-electron chi connectivity index (χ4n) is 1.79. The van der Waals surface area contributed by atoms with E-state index in [1.54, 1.807) is 0 Å². The molecule has 0 amide bonds. The van der Waals surface area contributed by atoms with Crippen LogP contribution < -0.4 is 0 Å². The van der Waals surface area contributed by atoms with Gasteiger partial charge in [-0.05, 0) is 32.8 Å². The number of aryl methyl sites for hydroxylation is 3. The summed E-state index contributed by atoms with van der Waals surface area (Å²) in [5.74, 6) is 0.466. The van der Waals surface area contributed by atoms with Crippen LogP contribution in [0, 0.1) is 20.8 Å². The lowest BCUT2D eigenvalue weighted by Gasteiger charge is -2.08. The van der Waals surface area contributed by atoms with E-state index in [2.05, 4.69) is 36.9 Å². The molecule has 0 saturated heterocycles. The Morgan fingerprint density at radius 1 is 1.20 bits per heavy atom. The van der Waals surface area contributed by atoms with E-state index < -0.39 is 0 Å². The Balaban J connectivity index is 2.86. The molecule has 0 aliphatic carbocycles. The molecule has 0 unspecified atom stereocenters. The maximum atomic E-state index is 4.54. The van der Waals surface area contributed by atoms with Crippen LogP contribution in [-0.4, -0.2) is 14.6 Å². The van der Waals surface area contributed by atoms with Crippen molar-refractivity contribution < 1.29 is 0 Å². The second kappa shape index (κ2) is 3.33. The Morgan fingerprint density at radius 2 is 1.87 bits per heavy atom. The van der Waals surface area contributed by atoms with Gasteiger partial charge in [-0.15, -0.1) is 0 Å². The summed E-state index contributed by atoms with van der Waals surface area (Å²) in [7, 11) is 0. The SMILES string of the molecule is Cc1cc(C(C)C)n2nc(C)c(C)c2n1. The topological polar surface area (TPSA) is 30.2 Å². The number of aromatic nitrogens is 3. The average Bonchev–Trinajstić information content (AvgIpc) is 2.43. The predicted octanol–water partition coefficient (Wildman–Crippen LogP) is 2.78. The van der Waals surface area contributed by atoms with Crippen molar-refractivity contribution in [3.8, 4) is 0 Å². The first-order valence-electron chi connectivity index (χ1n) is 5.34. The quantitative estimate of drug-likeness (QED) is 0.713. The molecule has 3 heteroatoms. The summed E-state index contributed by atoms with van der Waals surface area (Å²) in [6, 6.07) is 2.11. The highest BCUT2D eigenvalue weighted by Crippen LogP contribution is 2.20. The highest BCUT2D eigenvalue weighted by atomic mass is 15.3.